The van der Waals surface area contributed by atoms with E-state index in [1.807, 2.05) is 0 Å². The molecule has 1 aromatic heterocycles. The molecule has 44 heavy (non-hydrogen) atoms. The first kappa shape index (κ1) is 36.0. The van der Waals surface area contributed by atoms with Crippen LogP contribution >= 0.6 is 0 Å². The number of carbonyl (C=O) groups excluding carboxylic acids is 4. The first-order valence-corrected chi connectivity index (χ1v) is 14.9. The lowest BCUT2D eigenvalue weighted by molar-refractivity contribution is -0.144. The molecule has 1 aromatic rings. The molecule has 2 rings (SSSR count). The van der Waals surface area contributed by atoms with Gasteiger partial charge in [-0.25, -0.2) is 0 Å². The number of Topliss-reactive ketones (excluding diaryl/α,β-unsaturated/α-hetero) is 1. The fraction of sp³-hybridized carbons (Fsp3) is 0.643. The van der Waals surface area contributed by atoms with Crippen LogP contribution in [0.15, 0.2) is 18.6 Å². The molecule has 2 amide bonds. The van der Waals surface area contributed by atoms with Crippen molar-refractivity contribution >= 4 is 35.8 Å². The number of aromatic nitrogens is 2. The van der Waals surface area contributed by atoms with E-state index in [1.54, 1.807) is 13.8 Å². The second-order valence-electron chi connectivity index (χ2n) is 11.4. The quantitative estimate of drug-likeness (QED) is 0.0390. The Labute approximate surface area is 257 Å². The molecular formula is C28H48N12O4. The molecule has 5 atom stereocenters. The number of amides is 2. The number of rotatable bonds is 18. The zero-order valence-corrected chi connectivity index (χ0v) is 25.6. The Kier molecular flexibility index (Phi) is 14.1. The van der Waals surface area contributed by atoms with Gasteiger partial charge in [0, 0.05) is 37.9 Å². The number of nitrogens with two attached hydrogens (primary N) is 4. The number of nitrogens with zero attached hydrogens (tertiary/aromatic N) is 3. The molecule has 0 aliphatic carbocycles. The van der Waals surface area contributed by atoms with Gasteiger partial charge in [0.2, 0.25) is 11.8 Å². The van der Waals surface area contributed by atoms with Gasteiger partial charge >= 0.3 is 0 Å². The van der Waals surface area contributed by atoms with Gasteiger partial charge < -0.3 is 48.6 Å². The van der Waals surface area contributed by atoms with Gasteiger partial charge in [-0.15, -0.1) is 0 Å². The zero-order valence-electron chi connectivity index (χ0n) is 25.6. The van der Waals surface area contributed by atoms with Crippen molar-refractivity contribution in [1.29, 1.82) is 10.8 Å². The molecule has 1 saturated heterocycles. The van der Waals surface area contributed by atoms with E-state index in [0.29, 0.717) is 57.0 Å². The summed E-state index contributed by atoms with van der Waals surface area (Å²) >= 11 is 0. The van der Waals surface area contributed by atoms with Crippen molar-refractivity contribution in [3.8, 4) is 0 Å². The normalized spacial score (nSPS) is 19.0. The molecule has 1 fully saturated rings. The molecule has 0 radical (unpaired) electrons. The molecule has 0 saturated carbocycles. The summed E-state index contributed by atoms with van der Waals surface area (Å²) in [4.78, 5) is 63.2. The third-order valence-corrected chi connectivity index (χ3v) is 7.85. The van der Waals surface area contributed by atoms with Crippen LogP contribution in [-0.4, -0.2) is 88.4 Å². The first-order chi connectivity index (χ1) is 20.8. The third kappa shape index (κ3) is 9.67. The summed E-state index contributed by atoms with van der Waals surface area (Å²) in [6.45, 7) is 4.57. The van der Waals surface area contributed by atoms with Gasteiger partial charge in [0.1, 0.15) is 11.6 Å². The fourth-order valence-electron chi connectivity index (χ4n) is 5.55. The molecule has 1 aliphatic heterocycles. The maximum Gasteiger partial charge on any atom is 0.246 e. The number of hydrogen-bond donors (Lipinski definition) is 9. The van der Waals surface area contributed by atoms with E-state index in [2.05, 4.69) is 25.9 Å². The van der Waals surface area contributed by atoms with Crippen molar-refractivity contribution in [3.05, 3.63) is 24.3 Å². The minimum Gasteiger partial charge on any atom is -0.370 e. The Morgan fingerprint density at radius 3 is 2.27 bits per heavy atom. The number of aldehydes is 1. The topological polar surface area (TPSA) is 285 Å². The van der Waals surface area contributed by atoms with Crippen molar-refractivity contribution in [1.82, 2.24) is 30.8 Å². The van der Waals surface area contributed by atoms with E-state index in [1.165, 1.54) is 23.5 Å². The van der Waals surface area contributed by atoms with Crippen LogP contribution in [0.3, 0.4) is 0 Å². The van der Waals surface area contributed by atoms with Crippen molar-refractivity contribution in [2.24, 2.45) is 34.8 Å². The minimum atomic E-state index is -1.34. The molecule has 13 N–H and O–H groups in total. The second kappa shape index (κ2) is 17.2. The predicted molar refractivity (Wildman–Crippen MR) is 165 cm³/mol. The summed E-state index contributed by atoms with van der Waals surface area (Å²) in [5.74, 6) is -3.13. The van der Waals surface area contributed by atoms with Gasteiger partial charge in [-0.3, -0.25) is 35.2 Å². The van der Waals surface area contributed by atoms with E-state index in [4.69, 9.17) is 33.8 Å². The van der Waals surface area contributed by atoms with Crippen molar-refractivity contribution in [2.45, 2.75) is 82.5 Å². The maximum absolute atomic E-state index is 14.0. The number of hydrogen-bond acceptors (Lipinski definition) is 10. The summed E-state index contributed by atoms with van der Waals surface area (Å²) in [5.41, 5.74) is 22.2. The standard InChI is InChI=1S/C28H48N12O4/c1-17(2)21(23(42)18(29)7-3-4-10-37-26(31)32)22(30)24(43)39-19(8-5-11-38-27(33)34)25(44)40-14-6-9-28(40,16-41)20-15-35-12-13-36-20/h12-13,15-19,21-22H,3-11,14,29-30H2,1-2H3,(H,39,43)(H4,31,32,37)(H4,33,34,38)/t18-,19-,21?,22-,28-/m0/s1. The molecule has 0 spiro atoms. The summed E-state index contributed by atoms with van der Waals surface area (Å²) in [7, 11) is 0. The lowest BCUT2D eigenvalue weighted by Gasteiger charge is -2.36. The highest BCUT2D eigenvalue weighted by Crippen LogP contribution is 2.36. The number of likely N-dealkylation sites (tertiary alicyclic amines) is 1. The first-order valence-electron chi connectivity index (χ1n) is 14.9. The predicted octanol–water partition coefficient (Wildman–Crippen LogP) is -1.61. The average molecular weight is 617 g/mol. The van der Waals surface area contributed by atoms with Crippen LogP contribution in [0.5, 0.6) is 0 Å². The van der Waals surface area contributed by atoms with Crippen LogP contribution in [-0.2, 0) is 24.7 Å². The highest BCUT2D eigenvalue weighted by molar-refractivity contribution is 5.96. The fourth-order valence-corrected chi connectivity index (χ4v) is 5.55. The van der Waals surface area contributed by atoms with E-state index < -0.39 is 41.4 Å². The number of unbranched alkanes of at least 4 members (excludes halogenated alkanes) is 1. The molecule has 16 heteroatoms. The summed E-state index contributed by atoms with van der Waals surface area (Å²) in [6.07, 6.45) is 8.07. The molecule has 0 aromatic carbocycles. The SMILES string of the molecule is CC(C)C(C(=O)[C@@H](N)CCCCNC(=N)N)[C@H](N)C(=O)N[C@@H](CCCNC(=N)N)C(=O)N1CCC[C@]1(C=O)c1cnccn1. The van der Waals surface area contributed by atoms with Crippen molar-refractivity contribution in [2.75, 3.05) is 19.6 Å². The van der Waals surface area contributed by atoms with E-state index in [-0.39, 0.29) is 43.1 Å². The van der Waals surface area contributed by atoms with E-state index in [0.717, 1.165) is 0 Å². The average Bonchev–Trinajstić information content (AvgIpc) is 3.43. The Morgan fingerprint density at radius 2 is 1.70 bits per heavy atom. The number of ketones is 1. The van der Waals surface area contributed by atoms with Gasteiger partial charge in [-0.1, -0.05) is 13.8 Å². The molecule has 1 aliphatic rings. The zero-order chi connectivity index (χ0) is 32.9. The summed E-state index contributed by atoms with van der Waals surface area (Å²) in [5, 5.41) is 22.7. The largest absolute Gasteiger partial charge is 0.370 e. The third-order valence-electron chi connectivity index (χ3n) is 7.85. The lowest BCUT2D eigenvalue weighted by atomic mass is 9.81. The van der Waals surface area contributed by atoms with Crippen LogP contribution in [0.2, 0.25) is 0 Å². The summed E-state index contributed by atoms with van der Waals surface area (Å²) in [6, 6.07) is -3.21. The van der Waals surface area contributed by atoms with Gasteiger partial charge in [-0.2, -0.15) is 0 Å². The maximum atomic E-state index is 14.0. The number of nitrogens with one attached hydrogen (secondary N) is 5. The molecule has 16 nitrogen and oxygen atoms in total. The van der Waals surface area contributed by atoms with Crippen LogP contribution in [0, 0.1) is 22.7 Å². The van der Waals surface area contributed by atoms with Gasteiger partial charge in [0.15, 0.2) is 24.0 Å². The minimum absolute atomic E-state index is 0.135. The summed E-state index contributed by atoms with van der Waals surface area (Å²) < 4.78 is 0. The van der Waals surface area contributed by atoms with E-state index >= 15 is 0 Å². The Morgan fingerprint density at radius 1 is 1.05 bits per heavy atom. The number of carbonyl (C=O) groups is 4. The highest BCUT2D eigenvalue weighted by atomic mass is 16.2. The van der Waals surface area contributed by atoms with Crippen LogP contribution in [0.1, 0.15) is 64.5 Å². The van der Waals surface area contributed by atoms with Crippen LogP contribution in [0.25, 0.3) is 0 Å². The molecule has 244 valence electrons. The second-order valence-corrected chi connectivity index (χ2v) is 11.4. The van der Waals surface area contributed by atoms with Crippen molar-refractivity contribution < 1.29 is 19.2 Å². The molecule has 1 unspecified atom stereocenters. The molecular weight excluding hydrogens is 568 g/mol. The van der Waals surface area contributed by atoms with Gasteiger partial charge in [0.05, 0.1) is 24.0 Å². The Bertz CT molecular complexity index is 1150. The lowest BCUT2D eigenvalue weighted by Crippen LogP contribution is -2.59. The molecule has 2 heterocycles. The van der Waals surface area contributed by atoms with Crippen LogP contribution in [0.4, 0.5) is 0 Å². The van der Waals surface area contributed by atoms with Gasteiger partial charge in [0.25, 0.3) is 0 Å². The molecule has 0 bridgehead atoms. The Balaban J connectivity index is 2.22. The van der Waals surface area contributed by atoms with Crippen molar-refractivity contribution in [3.63, 3.8) is 0 Å². The van der Waals surface area contributed by atoms with Gasteiger partial charge in [-0.05, 0) is 50.9 Å². The number of guanidine groups is 2. The monoisotopic (exact) mass is 616 g/mol. The smallest absolute Gasteiger partial charge is 0.246 e. The highest BCUT2D eigenvalue weighted by Gasteiger charge is 2.48. The van der Waals surface area contributed by atoms with Crippen LogP contribution < -0.4 is 38.9 Å². The Hall–Kier alpha value is -4.18. The van der Waals surface area contributed by atoms with E-state index in [9.17, 15) is 19.2 Å².